The number of rotatable bonds is 4. The molecule has 0 atom stereocenters. The lowest BCUT2D eigenvalue weighted by atomic mass is 9.99. The van der Waals surface area contributed by atoms with Crippen LogP contribution in [0.4, 0.5) is 0 Å². The van der Waals surface area contributed by atoms with Gasteiger partial charge in [-0.05, 0) is 43.9 Å². The Balaban J connectivity index is 1.69. The van der Waals surface area contributed by atoms with Gasteiger partial charge in [-0.3, -0.25) is 0 Å². The van der Waals surface area contributed by atoms with Crippen molar-refractivity contribution >= 4 is 21.6 Å². The van der Waals surface area contributed by atoms with Gasteiger partial charge >= 0.3 is 0 Å². The standard InChI is InChI=1S/C17H21ClN4O3S/c18-13-6-5-12(11-14(13)26(23,24)22-9-3-4-10-22)15-20-16(21-25-15)17(19)7-1-2-8-17/h5-6,11H,1-4,7-10,19H2. The number of hydrogen-bond donors (Lipinski definition) is 1. The molecule has 1 aromatic heterocycles. The molecule has 1 aliphatic carbocycles. The second kappa shape index (κ2) is 6.60. The topological polar surface area (TPSA) is 102 Å². The summed E-state index contributed by atoms with van der Waals surface area (Å²) in [6.45, 7) is 1.03. The zero-order valence-corrected chi connectivity index (χ0v) is 15.9. The summed E-state index contributed by atoms with van der Waals surface area (Å²) in [6.07, 6.45) is 5.45. The van der Waals surface area contributed by atoms with E-state index in [2.05, 4.69) is 10.1 Å². The lowest BCUT2D eigenvalue weighted by Crippen LogP contribution is -2.34. The minimum Gasteiger partial charge on any atom is -0.334 e. The zero-order chi connectivity index (χ0) is 18.4. The van der Waals surface area contributed by atoms with Gasteiger partial charge in [-0.1, -0.05) is 29.6 Å². The molecule has 0 radical (unpaired) electrons. The van der Waals surface area contributed by atoms with Crippen molar-refractivity contribution < 1.29 is 12.9 Å². The maximum Gasteiger partial charge on any atom is 0.258 e. The highest BCUT2D eigenvalue weighted by molar-refractivity contribution is 7.89. The van der Waals surface area contributed by atoms with E-state index in [1.54, 1.807) is 12.1 Å². The molecule has 1 saturated carbocycles. The first-order chi connectivity index (χ1) is 12.4. The van der Waals surface area contributed by atoms with Crippen molar-refractivity contribution in [3.63, 3.8) is 0 Å². The van der Waals surface area contributed by atoms with E-state index in [9.17, 15) is 8.42 Å². The molecule has 140 valence electrons. The van der Waals surface area contributed by atoms with Gasteiger partial charge in [0.25, 0.3) is 5.89 Å². The number of aromatic nitrogens is 2. The van der Waals surface area contributed by atoms with Crippen LogP contribution in [0.25, 0.3) is 11.5 Å². The number of benzene rings is 1. The molecule has 2 aromatic rings. The van der Waals surface area contributed by atoms with Crippen LogP contribution < -0.4 is 5.73 Å². The molecule has 0 amide bonds. The molecule has 9 heteroatoms. The van der Waals surface area contributed by atoms with Crippen LogP contribution in [0.15, 0.2) is 27.6 Å². The Kier molecular flexibility index (Phi) is 4.54. The summed E-state index contributed by atoms with van der Waals surface area (Å²) >= 11 is 6.19. The van der Waals surface area contributed by atoms with Gasteiger partial charge in [0.05, 0.1) is 10.6 Å². The van der Waals surface area contributed by atoms with Crippen LogP contribution in [-0.4, -0.2) is 36.0 Å². The molecular formula is C17H21ClN4O3S. The summed E-state index contributed by atoms with van der Waals surface area (Å²) in [5.74, 6) is 0.732. The molecule has 0 bridgehead atoms. The summed E-state index contributed by atoms with van der Waals surface area (Å²) in [5, 5.41) is 4.22. The minimum atomic E-state index is -3.63. The Bertz CT molecular complexity index is 916. The molecular weight excluding hydrogens is 376 g/mol. The fourth-order valence-electron chi connectivity index (χ4n) is 3.67. The largest absolute Gasteiger partial charge is 0.334 e. The van der Waals surface area contributed by atoms with Crippen LogP contribution in [0.1, 0.15) is 44.3 Å². The summed E-state index contributed by atoms with van der Waals surface area (Å²) in [7, 11) is -3.63. The van der Waals surface area contributed by atoms with E-state index in [1.807, 2.05) is 0 Å². The average molecular weight is 397 g/mol. The predicted octanol–water partition coefficient (Wildman–Crippen LogP) is 2.90. The Morgan fingerprint density at radius 1 is 1.15 bits per heavy atom. The maximum atomic E-state index is 12.9. The molecule has 2 N–H and O–H groups in total. The van der Waals surface area contributed by atoms with Gasteiger partial charge in [0, 0.05) is 18.7 Å². The monoisotopic (exact) mass is 396 g/mol. The molecule has 1 aliphatic heterocycles. The van der Waals surface area contributed by atoms with E-state index in [4.69, 9.17) is 21.9 Å². The van der Waals surface area contributed by atoms with E-state index in [1.165, 1.54) is 10.4 Å². The van der Waals surface area contributed by atoms with Crippen LogP contribution in [0.5, 0.6) is 0 Å². The van der Waals surface area contributed by atoms with Crippen molar-refractivity contribution in [3.8, 4) is 11.5 Å². The van der Waals surface area contributed by atoms with Crippen molar-refractivity contribution in [2.45, 2.75) is 49.0 Å². The van der Waals surface area contributed by atoms with Crippen molar-refractivity contribution in [3.05, 3.63) is 29.0 Å². The molecule has 0 unspecified atom stereocenters. The molecule has 26 heavy (non-hydrogen) atoms. The number of halogens is 1. The first kappa shape index (κ1) is 17.9. The van der Waals surface area contributed by atoms with E-state index in [-0.39, 0.29) is 15.8 Å². The number of sulfonamides is 1. The van der Waals surface area contributed by atoms with Gasteiger partial charge < -0.3 is 10.3 Å². The average Bonchev–Trinajstić information content (AvgIpc) is 3.37. The smallest absolute Gasteiger partial charge is 0.258 e. The van der Waals surface area contributed by atoms with Gasteiger partial charge in [-0.2, -0.15) is 9.29 Å². The highest BCUT2D eigenvalue weighted by Gasteiger charge is 2.36. The number of nitrogens with two attached hydrogens (primary N) is 1. The van der Waals surface area contributed by atoms with Crippen LogP contribution in [-0.2, 0) is 15.6 Å². The van der Waals surface area contributed by atoms with Crippen LogP contribution in [0.2, 0.25) is 5.02 Å². The van der Waals surface area contributed by atoms with E-state index in [0.717, 1.165) is 38.5 Å². The SMILES string of the molecule is NC1(c2noc(-c3ccc(Cl)c(S(=O)(=O)N4CCCC4)c3)n2)CCCC1. The summed E-state index contributed by atoms with van der Waals surface area (Å²) in [6, 6.07) is 4.74. The Morgan fingerprint density at radius 2 is 1.85 bits per heavy atom. The van der Waals surface area contributed by atoms with Gasteiger partial charge in [-0.15, -0.1) is 0 Å². The second-order valence-electron chi connectivity index (χ2n) is 7.04. The van der Waals surface area contributed by atoms with Gasteiger partial charge in [0.1, 0.15) is 4.90 Å². The van der Waals surface area contributed by atoms with Gasteiger partial charge in [0.2, 0.25) is 10.0 Å². The molecule has 2 fully saturated rings. The van der Waals surface area contributed by atoms with Crippen molar-refractivity contribution in [1.29, 1.82) is 0 Å². The first-order valence-corrected chi connectivity index (χ1v) is 10.7. The van der Waals surface area contributed by atoms with Gasteiger partial charge in [0.15, 0.2) is 5.82 Å². The van der Waals surface area contributed by atoms with E-state index >= 15 is 0 Å². The van der Waals surface area contributed by atoms with Gasteiger partial charge in [-0.25, -0.2) is 8.42 Å². The molecule has 2 heterocycles. The van der Waals surface area contributed by atoms with Crippen LogP contribution in [0, 0.1) is 0 Å². The predicted molar refractivity (Wildman–Crippen MR) is 97.1 cm³/mol. The summed E-state index contributed by atoms with van der Waals surface area (Å²) in [4.78, 5) is 4.50. The quantitative estimate of drug-likeness (QED) is 0.852. The third-order valence-electron chi connectivity index (χ3n) is 5.23. The maximum absolute atomic E-state index is 12.9. The fraction of sp³-hybridized carbons (Fsp3) is 0.529. The third-order valence-corrected chi connectivity index (χ3v) is 7.61. The molecule has 4 rings (SSSR count). The van der Waals surface area contributed by atoms with E-state index in [0.29, 0.717) is 24.5 Å². The molecule has 7 nitrogen and oxygen atoms in total. The lowest BCUT2D eigenvalue weighted by molar-refractivity contribution is 0.372. The molecule has 0 spiro atoms. The number of hydrogen-bond acceptors (Lipinski definition) is 6. The molecule has 2 aliphatic rings. The van der Waals surface area contributed by atoms with E-state index < -0.39 is 15.6 Å². The van der Waals surface area contributed by atoms with Crippen molar-refractivity contribution in [2.24, 2.45) is 5.73 Å². The third kappa shape index (κ3) is 3.05. The van der Waals surface area contributed by atoms with Crippen molar-refractivity contribution in [1.82, 2.24) is 14.4 Å². The van der Waals surface area contributed by atoms with Crippen LogP contribution >= 0.6 is 11.6 Å². The number of nitrogens with zero attached hydrogens (tertiary/aromatic N) is 3. The summed E-state index contributed by atoms with van der Waals surface area (Å²) in [5.41, 5.74) is 6.33. The molecule has 1 aromatic carbocycles. The Labute approximate surface area is 157 Å². The molecule has 1 saturated heterocycles. The zero-order valence-electron chi connectivity index (χ0n) is 14.3. The highest BCUT2D eigenvalue weighted by atomic mass is 35.5. The van der Waals surface area contributed by atoms with Crippen molar-refractivity contribution in [2.75, 3.05) is 13.1 Å². The Morgan fingerprint density at radius 3 is 2.54 bits per heavy atom. The lowest BCUT2D eigenvalue weighted by Gasteiger charge is -2.17. The first-order valence-electron chi connectivity index (χ1n) is 8.83. The highest BCUT2D eigenvalue weighted by Crippen LogP contribution is 2.36. The second-order valence-corrected chi connectivity index (χ2v) is 9.36. The normalized spacial score (nSPS) is 20.7. The fourth-order valence-corrected chi connectivity index (χ4v) is 5.69. The Hall–Kier alpha value is -1.48. The van der Waals surface area contributed by atoms with Crippen LogP contribution in [0.3, 0.4) is 0 Å². The summed E-state index contributed by atoms with van der Waals surface area (Å²) < 4.78 is 32.5. The minimum absolute atomic E-state index is 0.0710.